The van der Waals surface area contributed by atoms with Gasteiger partial charge in [-0.2, -0.15) is 13.2 Å². The maximum Gasteiger partial charge on any atom is 0.425 e. The second kappa shape index (κ2) is 7.01. The van der Waals surface area contributed by atoms with Crippen LogP contribution in [0.1, 0.15) is 31.7 Å². The Morgan fingerprint density at radius 1 is 1.14 bits per heavy atom. The van der Waals surface area contributed by atoms with Crippen LogP contribution in [-0.2, 0) is 4.74 Å². The molecule has 148 valence electrons. The van der Waals surface area contributed by atoms with Crippen molar-refractivity contribution in [2.24, 2.45) is 5.92 Å². The summed E-state index contributed by atoms with van der Waals surface area (Å²) < 4.78 is 51.5. The third-order valence-electron chi connectivity index (χ3n) is 4.69. The lowest BCUT2D eigenvalue weighted by atomic mass is 10.2. The Labute approximate surface area is 158 Å². The van der Waals surface area contributed by atoms with Crippen molar-refractivity contribution in [1.29, 1.82) is 0 Å². The number of rotatable bonds is 6. The van der Waals surface area contributed by atoms with Crippen molar-refractivity contribution in [3.8, 4) is 17.1 Å². The summed E-state index contributed by atoms with van der Waals surface area (Å²) in [6, 6.07) is 3.05. The molecule has 3 heterocycles. The Morgan fingerprint density at radius 2 is 1.93 bits per heavy atom. The Kier molecular flexibility index (Phi) is 4.66. The Bertz CT molecular complexity index is 970. The largest absolute Gasteiger partial charge is 0.464 e. The van der Waals surface area contributed by atoms with E-state index in [1.807, 2.05) is 6.92 Å². The normalized spacial score (nSPS) is 16.9. The average molecular weight is 393 g/mol. The molecule has 7 nitrogen and oxygen atoms in total. The third-order valence-corrected chi connectivity index (χ3v) is 4.69. The molecule has 1 saturated carbocycles. The molecule has 0 amide bonds. The van der Waals surface area contributed by atoms with Crippen LogP contribution in [0.4, 0.5) is 13.2 Å². The molecule has 1 aliphatic rings. The molecule has 0 N–H and O–H groups in total. The van der Waals surface area contributed by atoms with Crippen molar-refractivity contribution in [3.63, 3.8) is 0 Å². The van der Waals surface area contributed by atoms with Gasteiger partial charge in [0.15, 0.2) is 17.6 Å². The van der Waals surface area contributed by atoms with Crippen molar-refractivity contribution in [2.75, 3.05) is 7.11 Å². The van der Waals surface area contributed by atoms with Gasteiger partial charge in [0, 0.05) is 37.1 Å². The number of alkyl halides is 3. The fourth-order valence-corrected chi connectivity index (χ4v) is 2.91. The summed E-state index contributed by atoms with van der Waals surface area (Å²) in [7, 11) is 1.58. The summed E-state index contributed by atoms with van der Waals surface area (Å²) >= 11 is 0. The third kappa shape index (κ3) is 3.64. The molecular weight excluding hydrogens is 375 g/mol. The van der Waals surface area contributed by atoms with Crippen LogP contribution in [0.3, 0.4) is 0 Å². The highest BCUT2D eigenvalue weighted by Gasteiger charge is 2.51. The van der Waals surface area contributed by atoms with Crippen molar-refractivity contribution in [2.45, 2.75) is 38.1 Å². The Morgan fingerprint density at radius 3 is 2.54 bits per heavy atom. The molecule has 3 aromatic rings. The van der Waals surface area contributed by atoms with E-state index in [4.69, 9.17) is 9.47 Å². The number of pyridine rings is 1. The van der Waals surface area contributed by atoms with E-state index in [9.17, 15) is 13.2 Å². The second-order valence-corrected chi connectivity index (χ2v) is 6.74. The van der Waals surface area contributed by atoms with E-state index in [0.29, 0.717) is 35.6 Å². The topological polar surface area (TPSA) is 74.4 Å². The molecule has 0 aromatic carbocycles. The highest BCUT2D eigenvalue weighted by atomic mass is 19.4. The highest BCUT2D eigenvalue weighted by Crippen LogP contribution is 2.42. The molecule has 0 radical (unpaired) electrons. The molecule has 0 unspecified atom stereocenters. The molecule has 4 rings (SSSR count). The first-order valence-electron chi connectivity index (χ1n) is 8.80. The van der Waals surface area contributed by atoms with Gasteiger partial charge in [-0.3, -0.25) is 9.38 Å². The van der Waals surface area contributed by atoms with Gasteiger partial charge >= 0.3 is 6.18 Å². The summed E-state index contributed by atoms with van der Waals surface area (Å²) in [5, 5.41) is 8.14. The predicted octanol–water partition coefficient (Wildman–Crippen LogP) is 3.61. The van der Waals surface area contributed by atoms with Gasteiger partial charge in [0.05, 0.1) is 11.9 Å². The van der Waals surface area contributed by atoms with E-state index in [2.05, 4.69) is 20.2 Å². The number of fused-ring (bicyclic) bond motifs is 1. The zero-order chi connectivity index (χ0) is 19.9. The molecule has 28 heavy (non-hydrogen) atoms. The van der Waals surface area contributed by atoms with Crippen LogP contribution >= 0.6 is 0 Å². The maximum atomic E-state index is 13.1. The van der Waals surface area contributed by atoms with Gasteiger partial charge < -0.3 is 9.47 Å². The van der Waals surface area contributed by atoms with E-state index >= 15 is 0 Å². The standard InChI is InChI=1S/C18H18F3N5O2/c1-10(27-2)17-25-24-14-8-22-13(9-26(14)17)12-5-6-15(23-7-12)28-16(11-3-4-11)18(19,20)21/h5-11,16H,3-4H2,1-2H3/t10-,16-/m1/s1. The summed E-state index contributed by atoms with van der Waals surface area (Å²) in [5.41, 5.74) is 1.77. The molecule has 0 aliphatic heterocycles. The van der Waals surface area contributed by atoms with Crippen LogP contribution in [0.2, 0.25) is 0 Å². The lowest BCUT2D eigenvalue weighted by Gasteiger charge is -2.20. The maximum absolute atomic E-state index is 13.1. The molecule has 0 spiro atoms. The van der Waals surface area contributed by atoms with Crippen molar-refractivity contribution >= 4 is 5.65 Å². The van der Waals surface area contributed by atoms with Crippen molar-refractivity contribution < 1.29 is 22.6 Å². The lowest BCUT2D eigenvalue weighted by Crippen LogP contribution is -2.36. The lowest BCUT2D eigenvalue weighted by molar-refractivity contribution is -0.201. The molecule has 1 aliphatic carbocycles. The predicted molar refractivity (Wildman–Crippen MR) is 92.6 cm³/mol. The SMILES string of the molecule is CO[C@H](C)c1nnc2cnc(-c3ccc(O[C@H](C4CC4)C(F)(F)F)nc3)cn12. The van der Waals surface area contributed by atoms with Crippen molar-refractivity contribution in [1.82, 2.24) is 24.6 Å². The number of methoxy groups -OCH3 is 1. The number of aromatic nitrogens is 5. The van der Waals surface area contributed by atoms with E-state index < -0.39 is 18.2 Å². The van der Waals surface area contributed by atoms with Gasteiger partial charge in [-0.05, 0) is 25.8 Å². The first-order valence-corrected chi connectivity index (χ1v) is 8.80. The summed E-state index contributed by atoms with van der Waals surface area (Å²) in [5.74, 6) is 0.0732. The molecule has 0 saturated heterocycles. The minimum absolute atomic E-state index is 0.0583. The van der Waals surface area contributed by atoms with Gasteiger partial charge in [-0.1, -0.05) is 0 Å². The Hall–Kier alpha value is -2.75. The van der Waals surface area contributed by atoms with Gasteiger partial charge in [-0.15, -0.1) is 10.2 Å². The number of nitrogens with zero attached hydrogens (tertiary/aromatic N) is 5. The van der Waals surface area contributed by atoms with E-state index in [1.54, 1.807) is 30.0 Å². The average Bonchev–Trinajstić information content (AvgIpc) is 3.43. The zero-order valence-corrected chi connectivity index (χ0v) is 15.2. The van der Waals surface area contributed by atoms with E-state index in [-0.39, 0.29) is 12.0 Å². The van der Waals surface area contributed by atoms with Gasteiger partial charge in [0.1, 0.15) is 6.10 Å². The molecule has 0 bridgehead atoms. The first-order chi connectivity index (χ1) is 13.4. The van der Waals surface area contributed by atoms with Gasteiger partial charge in [0.25, 0.3) is 0 Å². The number of hydrogen-bond acceptors (Lipinski definition) is 6. The van der Waals surface area contributed by atoms with Crippen LogP contribution in [0.15, 0.2) is 30.7 Å². The smallest absolute Gasteiger partial charge is 0.425 e. The van der Waals surface area contributed by atoms with Crippen LogP contribution in [0, 0.1) is 5.92 Å². The van der Waals surface area contributed by atoms with Crippen LogP contribution in [-0.4, -0.2) is 44.0 Å². The first kappa shape index (κ1) is 18.6. The summed E-state index contributed by atoms with van der Waals surface area (Å²) in [4.78, 5) is 8.35. The van der Waals surface area contributed by atoms with Crippen LogP contribution < -0.4 is 4.74 Å². The van der Waals surface area contributed by atoms with Gasteiger partial charge in [0.2, 0.25) is 5.88 Å². The van der Waals surface area contributed by atoms with E-state index in [1.165, 1.54) is 12.3 Å². The fraction of sp³-hybridized carbons (Fsp3) is 0.444. The zero-order valence-electron chi connectivity index (χ0n) is 15.2. The fourth-order valence-electron chi connectivity index (χ4n) is 2.91. The molecule has 3 aromatic heterocycles. The summed E-state index contributed by atoms with van der Waals surface area (Å²) in [6.45, 7) is 1.85. The second-order valence-electron chi connectivity index (χ2n) is 6.74. The number of halogens is 3. The highest BCUT2D eigenvalue weighted by molar-refractivity contribution is 5.59. The minimum atomic E-state index is -4.41. The molecule has 10 heteroatoms. The quantitative estimate of drug-likeness (QED) is 0.637. The molecular formula is C18H18F3N5O2. The molecule has 2 atom stereocenters. The van der Waals surface area contributed by atoms with Crippen molar-refractivity contribution in [3.05, 3.63) is 36.5 Å². The van der Waals surface area contributed by atoms with Crippen LogP contribution in [0.5, 0.6) is 5.88 Å². The number of ether oxygens (including phenoxy) is 2. The monoisotopic (exact) mass is 393 g/mol. The summed E-state index contributed by atoms with van der Waals surface area (Å²) in [6.07, 6.45) is -0.701. The minimum Gasteiger partial charge on any atom is -0.464 e. The van der Waals surface area contributed by atoms with E-state index in [0.717, 1.165) is 0 Å². The van der Waals surface area contributed by atoms with Crippen LogP contribution in [0.25, 0.3) is 16.9 Å². The van der Waals surface area contributed by atoms with Gasteiger partial charge in [-0.25, -0.2) is 4.98 Å². The Balaban J connectivity index is 1.58. The number of hydrogen-bond donors (Lipinski definition) is 0. The molecule has 1 fully saturated rings.